The number of rotatable bonds is 2. The molecule has 0 saturated heterocycles. The van der Waals surface area contributed by atoms with Gasteiger partial charge in [-0.05, 0) is 30.3 Å². The van der Waals surface area contributed by atoms with Crippen LogP contribution >= 0.6 is 0 Å². The second kappa shape index (κ2) is 4.21. The molecule has 0 aliphatic heterocycles. The fourth-order valence-corrected chi connectivity index (χ4v) is 1.42. The number of carbonyl (C=O) groups is 1. The predicted molar refractivity (Wildman–Crippen MR) is 58.3 cm³/mol. The van der Waals surface area contributed by atoms with Crippen LogP contribution in [0.25, 0.3) is 11.3 Å². The molecule has 1 aromatic carbocycles. The maximum absolute atomic E-state index is 13.0. The zero-order valence-corrected chi connectivity index (χ0v) is 8.59. The number of aromatic nitrogens is 1. The summed E-state index contributed by atoms with van der Waals surface area (Å²) in [6.45, 7) is 0. The molecule has 0 fully saturated rings. The van der Waals surface area contributed by atoms with Crippen LogP contribution in [-0.4, -0.2) is 21.2 Å². The van der Waals surface area contributed by atoms with Crippen LogP contribution in [0.2, 0.25) is 0 Å². The van der Waals surface area contributed by atoms with Crippen LogP contribution < -0.4 is 0 Å². The number of carboxylic acid groups (broad SMARTS) is 1. The van der Waals surface area contributed by atoms with E-state index in [1.54, 1.807) is 0 Å². The highest BCUT2D eigenvalue weighted by molar-refractivity contribution is 5.89. The van der Waals surface area contributed by atoms with Crippen molar-refractivity contribution in [1.29, 1.82) is 0 Å². The van der Waals surface area contributed by atoms with Crippen molar-refractivity contribution < 1.29 is 19.4 Å². The molecule has 4 nitrogen and oxygen atoms in total. The molecule has 5 heteroatoms. The summed E-state index contributed by atoms with van der Waals surface area (Å²) in [6, 6.07) is 6.00. The van der Waals surface area contributed by atoms with Crippen LogP contribution in [0.5, 0.6) is 5.75 Å². The number of aromatic carboxylic acids is 1. The van der Waals surface area contributed by atoms with Gasteiger partial charge in [0.1, 0.15) is 11.6 Å². The molecular weight excluding hydrogens is 225 g/mol. The highest BCUT2D eigenvalue weighted by Crippen LogP contribution is 2.28. The molecule has 2 aromatic rings. The van der Waals surface area contributed by atoms with Crippen LogP contribution in [0.1, 0.15) is 10.4 Å². The lowest BCUT2D eigenvalue weighted by Gasteiger charge is -2.04. The Bertz CT molecular complexity index is 584. The number of aromatic hydroxyl groups is 1. The minimum absolute atomic E-state index is 0.0265. The highest BCUT2D eigenvalue weighted by atomic mass is 19.1. The van der Waals surface area contributed by atoms with Crippen LogP contribution in [-0.2, 0) is 0 Å². The molecule has 0 bridgehead atoms. The number of hydrogen-bond acceptors (Lipinski definition) is 3. The third-order valence-electron chi connectivity index (χ3n) is 2.24. The van der Waals surface area contributed by atoms with Crippen molar-refractivity contribution in [2.45, 2.75) is 0 Å². The van der Waals surface area contributed by atoms with Crippen molar-refractivity contribution in [3.63, 3.8) is 0 Å². The van der Waals surface area contributed by atoms with Crippen LogP contribution in [0.15, 0.2) is 36.5 Å². The molecule has 0 amide bonds. The number of phenolic OH excluding ortho intramolecular Hbond substituents is 1. The zero-order chi connectivity index (χ0) is 12.4. The molecule has 0 saturated carbocycles. The van der Waals surface area contributed by atoms with Crippen molar-refractivity contribution in [2.24, 2.45) is 0 Å². The van der Waals surface area contributed by atoms with Gasteiger partial charge in [-0.3, -0.25) is 4.98 Å². The van der Waals surface area contributed by atoms with Gasteiger partial charge in [0.05, 0.1) is 11.3 Å². The lowest BCUT2D eigenvalue weighted by atomic mass is 10.1. The summed E-state index contributed by atoms with van der Waals surface area (Å²) in [5.41, 5.74) is 0.397. The van der Waals surface area contributed by atoms with Crippen molar-refractivity contribution >= 4 is 5.97 Å². The van der Waals surface area contributed by atoms with E-state index >= 15 is 0 Å². The number of halogens is 1. The van der Waals surface area contributed by atoms with Crippen molar-refractivity contribution in [3.05, 3.63) is 47.9 Å². The molecule has 2 N–H and O–H groups in total. The second-order valence-corrected chi connectivity index (χ2v) is 3.40. The molecule has 17 heavy (non-hydrogen) atoms. The second-order valence-electron chi connectivity index (χ2n) is 3.40. The van der Waals surface area contributed by atoms with Gasteiger partial charge in [0.25, 0.3) is 0 Å². The first-order valence-electron chi connectivity index (χ1n) is 4.76. The summed E-state index contributed by atoms with van der Waals surface area (Å²) in [5.74, 6) is -1.79. The summed E-state index contributed by atoms with van der Waals surface area (Å²) in [6.07, 6.45) is 1.29. The number of pyridine rings is 1. The average Bonchev–Trinajstić information content (AvgIpc) is 2.32. The van der Waals surface area contributed by atoms with Gasteiger partial charge in [-0.2, -0.15) is 0 Å². The molecule has 0 unspecified atom stereocenters. The molecule has 0 aliphatic carbocycles. The maximum Gasteiger partial charge on any atom is 0.335 e. The van der Waals surface area contributed by atoms with Crippen LogP contribution in [0.3, 0.4) is 0 Å². The van der Waals surface area contributed by atoms with Gasteiger partial charge < -0.3 is 10.2 Å². The first-order valence-corrected chi connectivity index (χ1v) is 4.76. The smallest absolute Gasteiger partial charge is 0.335 e. The number of benzene rings is 1. The summed E-state index contributed by atoms with van der Waals surface area (Å²) in [7, 11) is 0. The molecule has 0 atom stereocenters. The van der Waals surface area contributed by atoms with Gasteiger partial charge in [0.15, 0.2) is 0 Å². The van der Waals surface area contributed by atoms with Gasteiger partial charge in [-0.15, -0.1) is 0 Å². The Balaban J connectivity index is 2.56. The minimum atomic E-state index is -1.11. The van der Waals surface area contributed by atoms with E-state index in [0.717, 1.165) is 12.1 Å². The third kappa shape index (κ3) is 2.23. The van der Waals surface area contributed by atoms with Crippen molar-refractivity contribution in [2.75, 3.05) is 0 Å². The van der Waals surface area contributed by atoms with Crippen molar-refractivity contribution in [1.82, 2.24) is 4.98 Å². The Kier molecular flexibility index (Phi) is 2.74. The molecule has 2 rings (SSSR count). The van der Waals surface area contributed by atoms with E-state index in [1.807, 2.05) is 0 Å². The lowest BCUT2D eigenvalue weighted by Crippen LogP contribution is -1.97. The van der Waals surface area contributed by atoms with E-state index in [-0.39, 0.29) is 22.6 Å². The molecule has 0 radical (unpaired) electrons. The number of phenols is 1. The van der Waals surface area contributed by atoms with E-state index in [0.29, 0.717) is 0 Å². The quantitative estimate of drug-likeness (QED) is 0.834. The first-order chi connectivity index (χ1) is 8.08. The summed E-state index contributed by atoms with van der Waals surface area (Å²) >= 11 is 0. The van der Waals surface area contributed by atoms with E-state index in [1.165, 1.54) is 24.4 Å². The molecule has 86 valence electrons. The Morgan fingerprint density at radius 1 is 1.24 bits per heavy atom. The lowest BCUT2D eigenvalue weighted by molar-refractivity contribution is 0.0697. The van der Waals surface area contributed by atoms with Gasteiger partial charge >= 0.3 is 5.97 Å². The third-order valence-corrected chi connectivity index (χ3v) is 2.24. The number of nitrogens with zero attached hydrogens (tertiary/aromatic N) is 1. The molecule has 1 heterocycles. The monoisotopic (exact) mass is 233 g/mol. The minimum Gasteiger partial charge on any atom is -0.507 e. The standard InChI is InChI=1S/C12H8FNO3/c13-8-1-2-11(15)9(6-8)10-5-7(12(16)17)3-4-14-10/h1-6,15H,(H,16,17). The van der Waals surface area contributed by atoms with E-state index in [2.05, 4.69) is 4.98 Å². The predicted octanol–water partition coefficient (Wildman–Crippen LogP) is 2.29. The van der Waals surface area contributed by atoms with Crippen molar-refractivity contribution in [3.8, 4) is 17.0 Å². The summed E-state index contributed by atoms with van der Waals surface area (Å²) in [5, 5.41) is 18.4. The summed E-state index contributed by atoms with van der Waals surface area (Å²) < 4.78 is 13.0. The van der Waals surface area contributed by atoms with E-state index in [9.17, 15) is 14.3 Å². The maximum atomic E-state index is 13.0. The van der Waals surface area contributed by atoms with Gasteiger partial charge in [-0.1, -0.05) is 0 Å². The SMILES string of the molecule is O=C(O)c1ccnc(-c2cc(F)ccc2O)c1. The number of carboxylic acids is 1. The molecular formula is C12H8FNO3. The Morgan fingerprint density at radius 3 is 2.71 bits per heavy atom. The van der Waals surface area contributed by atoms with Gasteiger partial charge in [0, 0.05) is 11.8 Å². The topological polar surface area (TPSA) is 70.4 Å². The number of hydrogen-bond donors (Lipinski definition) is 2. The van der Waals surface area contributed by atoms with Crippen LogP contribution in [0.4, 0.5) is 4.39 Å². The average molecular weight is 233 g/mol. The fraction of sp³-hybridized carbons (Fsp3) is 0. The van der Waals surface area contributed by atoms with Gasteiger partial charge in [-0.25, -0.2) is 9.18 Å². The fourth-order valence-electron chi connectivity index (χ4n) is 1.42. The molecule has 0 aliphatic rings. The first kappa shape index (κ1) is 11.1. The normalized spacial score (nSPS) is 10.2. The molecule has 0 spiro atoms. The van der Waals surface area contributed by atoms with Crippen LogP contribution in [0, 0.1) is 5.82 Å². The Morgan fingerprint density at radius 2 is 2.00 bits per heavy atom. The van der Waals surface area contributed by atoms with E-state index < -0.39 is 11.8 Å². The highest BCUT2D eigenvalue weighted by Gasteiger charge is 2.10. The van der Waals surface area contributed by atoms with E-state index in [4.69, 9.17) is 5.11 Å². The Hall–Kier alpha value is -2.43. The zero-order valence-electron chi connectivity index (χ0n) is 8.59. The summed E-state index contributed by atoms with van der Waals surface area (Å²) in [4.78, 5) is 14.7. The Labute approximate surface area is 96.0 Å². The van der Waals surface area contributed by atoms with Gasteiger partial charge in [0.2, 0.25) is 0 Å². The largest absolute Gasteiger partial charge is 0.507 e. The molecule has 1 aromatic heterocycles.